The van der Waals surface area contributed by atoms with Crippen LogP contribution in [0, 0.1) is 0 Å². The minimum Gasteiger partial charge on any atom is -0.302 e. The van der Waals surface area contributed by atoms with Gasteiger partial charge in [0.25, 0.3) is 5.91 Å². The van der Waals surface area contributed by atoms with Crippen LogP contribution in [0.5, 0.6) is 0 Å². The molecule has 1 heterocycles. The predicted molar refractivity (Wildman–Crippen MR) is 125 cm³/mol. The fourth-order valence-corrected chi connectivity index (χ4v) is 4.77. The molecule has 0 fully saturated rings. The number of amides is 1. The summed E-state index contributed by atoms with van der Waals surface area (Å²) in [5.74, 6) is -0.142. The largest absolute Gasteiger partial charge is 0.302 e. The summed E-state index contributed by atoms with van der Waals surface area (Å²) in [5, 5.41) is 1.59. The zero-order chi connectivity index (χ0) is 21.0. The van der Waals surface area contributed by atoms with Gasteiger partial charge in [-0.2, -0.15) is 0 Å². The highest BCUT2D eigenvalue weighted by Crippen LogP contribution is 2.31. The van der Waals surface area contributed by atoms with Crippen molar-refractivity contribution in [2.45, 2.75) is 27.2 Å². The van der Waals surface area contributed by atoms with Crippen LogP contribution in [0.3, 0.4) is 0 Å². The topological polar surface area (TPSA) is 36.4 Å². The summed E-state index contributed by atoms with van der Waals surface area (Å²) >= 11 is 13.8. The molecule has 0 aliphatic heterocycles. The lowest BCUT2D eigenvalue weighted by molar-refractivity contribution is 0.0984. The zero-order valence-electron chi connectivity index (χ0n) is 16.9. The number of hydrogen-bond acceptors (Lipinski definition) is 4. The molecule has 0 saturated carbocycles. The first-order valence-electron chi connectivity index (χ1n) is 9.84. The van der Waals surface area contributed by atoms with Crippen molar-refractivity contribution in [2.24, 2.45) is 0 Å². The van der Waals surface area contributed by atoms with E-state index in [2.05, 4.69) is 37.8 Å². The number of fused-ring (bicyclic) bond motifs is 1. The fourth-order valence-electron chi connectivity index (χ4n) is 3.19. The van der Waals surface area contributed by atoms with Crippen molar-refractivity contribution >= 4 is 55.8 Å². The van der Waals surface area contributed by atoms with E-state index in [0.717, 1.165) is 36.3 Å². The van der Waals surface area contributed by atoms with E-state index in [1.807, 2.05) is 6.07 Å². The number of carbonyl (C=O) groups is 1. The average molecular weight is 450 g/mol. The number of hydrogen-bond donors (Lipinski definition) is 0. The molecule has 0 aliphatic carbocycles. The lowest BCUT2D eigenvalue weighted by atomic mass is 10.2. The van der Waals surface area contributed by atoms with Gasteiger partial charge in [-0.25, -0.2) is 4.98 Å². The summed E-state index contributed by atoms with van der Waals surface area (Å²) in [6.07, 6.45) is 0.967. The van der Waals surface area contributed by atoms with E-state index >= 15 is 0 Å². The first kappa shape index (κ1) is 22.0. The average Bonchev–Trinajstić information content (AvgIpc) is 3.12. The lowest BCUT2D eigenvalue weighted by Gasteiger charge is -2.24. The van der Waals surface area contributed by atoms with Gasteiger partial charge < -0.3 is 4.90 Å². The molecule has 0 atom stereocenters. The van der Waals surface area contributed by atoms with Crippen LogP contribution < -0.4 is 4.90 Å². The Balaban J connectivity index is 1.99. The van der Waals surface area contributed by atoms with Crippen molar-refractivity contribution in [2.75, 3.05) is 31.1 Å². The van der Waals surface area contributed by atoms with Crippen molar-refractivity contribution in [3.05, 3.63) is 57.6 Å². The Morgan fingerprint density at radius 3 is 2.31 bits per heavy atom. The highest BCUT2D eigenvalue weighted by molar-refractivity contribution is 7.22. The van der Waals surface area contributed by atoms with Crippen molar-refractivity contribution in [3.8, 4) is 0 Å². The third-order valence-electron chi connectivity index (χ3n) is 4.97. The summed E-state index contributed by atoms with van der Waals surface area (Å²) < 4.78 is 1.09. The molecule has 1 amide bonds. The monoisotopic (exact) mass is 449 g/mol. The lowest BCUT2D eigenvalue weighted by Crippen LogP contribution is -2.38. The minimum atomic E-state index is -0.142. The number of aryl methyl sites for hydroxylation is 1. The van der Waals surface area contributed by atoms with E-state index in [4.69, 9.17) is 28.2 Å². The van der Waals surface area contributed by atoms with Crippen molar-refractivity contribution in [1.29, 1.82) is 0 Å². The quantitative estimate of drug-likeness (QED) is 0.413. The van der Waals surface area contributed by atoms with Gasteiger partial charge in [-0.1, -0.05) is 61.4 Å². The number of anilines is 1. The molecule has 0 unspecified atom stereocenters. The van der Waals surface area contributed by atoms with Gasteiger partial charge in [0, 0.05) is 28.7 Å². The molecule has 2 aromatic carbocycles. The fraction of sp³-hybridized carbons (Fsp3) is 0.364. The summed E-state index contributed by atoms with van der Waals surface area (Å²) in [6, 6.07) is 11.2. The van der Waals surface area contributed by atoms with Crippen molar-refractivity contribution in [3.63, 3.8) is 0 Å². The molecule has 154 valence electrons. The molecule has 0 N–H and O–H groups in total. The Hall–Kier alpha value is -1.66. The molecule has 0 spiro atoms. The molecule has 3 aromatic rings. The summed E-state index contributed by atoms with van der Waals surface area (Å²) in [6.45, 7) is 9.55. The molecule has 29 heavy (non-hydrogen) atoms. The number of nitrogens with zero attached hydrogens (tertiary/aromatic N) is 3. The maximum atomic E-state index is 13.4. The first-order valence-corrected chi connectivity index (χ1v) is 11.4. The van der Waals surface area contributed by atoms with E-state index in [-0.39, 0.29) is 5.91 Å². The SMILES string of the molecule is CCc1ccc2nc(N(CCN(CC)CC)C(=O)c3cc(Cl)cc(Cl)c3)sc2c1. The number of halogens is 2. The van der Waals surface area contributed by atoms with Gasteiger partial charge in [-0.3, -0.25) is 9.69 Å². The first-order chi connectivity index (χ1) is 13.9. The van der Waals surface area contributed by atoms with Gasteiger partial charge in [0.2, 0.25) is 0 Å². The highest BCUT2D eigenvalue weighted by atomic mass is 35.5. The van der Waals surface area contributed by atoms with Crippen LogP contribution in [0.25, 0.3) is 10.2 Å². The van der Waals surface area contributed by atoms with Crippen molar-refractivity contribution < 1.29 is 4.79 Å². The smallest absolute Gasteiger partial charge is 0.260 e. The normalized spacial score (nSPS) is 11.4. The van der Waals surface area contributed by atoms with Crippen LogP contribution in [-0.4, -0.2) is 42.0 Å². The number of thiazole rings is 1. The molecule has 4 nitrogen and oxygen atoms in total. The maximum Gasteiger partial charge on any atom is 0.260 e. The summed E-state index contributed by atoms with van der Waals surface area (Å²) in [5.41, 5.74) is 2.64. The standard InChI is InChI=1S/C22H25Cl2N3OS/c1-4-15-7-8-19-20(11-15)29-22(25-19)27(10-9-26(5-2)6-3)21(28)16-12-17(23)14-18(24)13-16/h7-8,11-14H,4-6,9-10H2,1-3H3. The van der Waals surface area contributed by atoms with Gasteiger partial charge in [0.1, 0.15) is 0 Å². The predicted octanol–water partition coefficient (Wildman–Crippen LogP) is 6.15. The van der Waals surface area contributed by atoms with Crippen LogP contribution in [0.2, 0.25) is 10.0 Å². The maximum absolute atomic E-state index is 13.4. The molecule has 0 radical (unpaired) electrons. The molecule has 0 saturated heterocycles. The van der Waals surface area contributed by atoms with E-state index in [9.17, 15) is 4.79 Å². The van der Waals surface area contributed by atoms with Crippen molar-refractivity contribution in [1.82, 2.24) is 9.88 Å². The van der Waals surface area contributed by atoms with Gasteiger partial charge in [-0.05, 0) is 55.4 Å². The van der Waals surface area contributed by atoms with Gasteiger partial charge in [0.15, 0.2) is 5.13 Å². The van der Waals surface area contributed by atoms with E-state index in [0.29, 0.717) is 27.3 Å². The van der Waals surface area contributed by atoms with E-state index in [1.165, 1.54) is 5.56 Å². The second kappa shape index (κ2) is 9.90. The van der Waals surface area contributed by atoms with Crippen LogP contribution >= 0.6 is 34.5 Å². The molecular formula is C22H25Cl2N3OS. The highest BCUT2D eigenvalue weighted by Gasteiger charge is 2.22. The second-order valence-electron chi connectivity index (χ2n) is 6.79. The van der Waals surface area contributed by atoms with Crippen LogP contribution in [-0.2, 0) is 6.42 Å². The number of likely N-dealkylation sites (N-methyl/N-ethyl adjacent to an activating group) is 1. The van der Waals surface area contributed by atoms with Gasteiger partial charge in [-0.15, -0.1) is 0 Å². The summed E-state index contributed by atoms with van der Waals surface area (Å²) in [4.78, 5) is 22.2. The minimum absolute atomic E-state index is 0.142. The van der Waals surface area contributed by atoms with Crippen LogP contribution in [0.1, 0.15) is 36.7 Å². The third kappa shape index (κ3) is 5.28. The van der Waals surface area contributed by atoms with Crippen LogP contribution in [0.4, 0.5) is 5.13 Å². The Kier molecular flexibility index (Phi) is 7.52. The number of rotatable bonds is 8. The third-order valence-corrected chi connectivity index (χ3v) is 6.45. The Morgan fingerprint density at radius 1 is 1.00 bits per heavy atom. The number of aromatic nitrogens is 1. The Bertz CT molecular complexity index is 981. The van der Waals surface area contributed by atoms with Gasteiger partial charge in [0.05, 0.1) is 10.2 Å². The molecule has 1 aromatic heterocycles. The molecular weight excluding hydrogens is 425 g/mol. The zero-order valence-corrected chi connectivity index (χ0v) is 19.2. The van der Waals surface area contributed by atoms with Gasteiger partial charge >= 0.3 is 0 Å². The van der Waals surface area contributed by atoms with E-state index < -0.39 is 0 Å². The Labute approximate surface area is 186 Å². The second-order valence-corrected chi connectivity index (χ2v) is 8.68. The molecule has 7 heteroatoms. The summed E-state index contributed by atoms with van der Waals surface area (Å²) in [7, 11) is 0. The number of carbonyl (C=O) groups excluding carboxylic acids is 1. The number of benzene rings is 2. The van der Waals surface area contributed by atoms with E-state index in [1.54, 1.807) is 34.4 Å². The molecule has 0 bridgehead atoms. The molecule has 3 rings (SSSR count). The molecule has 0 aliphatic rings. The van der Waals surface area contributed by atoms with Crippen LogP contribution in [0.15, 0.2) is 36.4 Å². The Morgan fingerprint density at radius 2 is 1.69 bits per heavy atom.